The van der Waals surface area contributed by atoms with Crippen LogP contribution < -0.4 is 10.1 Å². The number of carbonyl (C=O) groups is 1. The second-order valence-corrected chi connectivity index (χ2v) is 8.31. The van der Waals surface area contributed by atoms with Crippen molar-refractivity contribution in [3.05, 3.63) is 64.3 Å². The molecule has 4 heteroatoms. The Morgan fingerprint density at radius 3 is 2.76 bits per heavy atom. The predicted octanol–water partition coefficient (Wildman–Crippen LogP) is 4.93. The molecule has 0 bridgehead atoms. The highest BCUT2D eigenvalue weighted by Gasteiger charge is 2.23. The number of hydrogen-bond acceptors (Lipinski definition) is 2. The molecule has 0 radical (unpaired) electrons. The van der Waals surface area contributed by atoms with E-state index in [1.165, 1.54) is 27.7 Å². The number of aromatic amines is 1. The monoisotopic (exact) mass is 390 g/mol. The number of rotatable bonds is 6. The first kappa shape index (κ1) is 19.6. The molecule has 1 atom stereocenters. The Morgan fingerprint density at radius 2 is 1.97 bits per heavy atom. The number of amides is 1. The lowest BCUT2D eigenvalue weighted by molar-refractivity contribution is -0.122. The highest BCUT2D eigenvalue weighted by Crippen LogP contribution is 2.30. The van der Waals surface area contributed by atoms with E-state index in [4.69, 9.17) is 4.74 Å². The third-order valence-corrected chi connectivity index (χ3v) is 5.91. The fraction of sp³-hybridized carbons (Fsp3) is 0.400. The zero-order chi connectivity index (χ0) is 20.4. The van der Waals surface area contributed by atoms with Gasteiger partial charge < -0.3 is 15.0 Å². The van der Waals surface area contributed by atoms with Gasteiger partial charge in [0.2, 0.25) is 5.91 Å². The summed E-state index contributed by atoms with van der Waals surface area (Å²) in [5.41, 5.74) is 7.48. The van der Waals surface area contributed by atoms with E-state index in [2.05, 4.69) is 61.4 Å². The number of aryl methyl sites for hydroxylation is 4. The van der Waals surface area contributed by atoms with E-state index in [1.54, 1.807) is 0 Å². The number of aromatic nitrogens is 1. The minimum atomic E-state index is 0.121. The van der Waals surface area contributed by atoms with Gasteiger partial charge in [0, 0.05) is 35.5 Å². The lowest BCUT2D eigenvalue weighted by atomic mass is 9.91. The van der Waals surface area contributed by atoms with Crippen LogP contribution in [0.3, 0.4) is 0 Å². The van der Waals surface area contributed by atoms with Crippen LogP contribution >= 0.6 is 0 Å². The van der Waals surface area contributed by atoms with Crippen molar-refractivity contribution in [2.24, 2.45) is 0 Å². The first-order valence-corrected chi connectivity index (χ1v) is 10.6. The van der Waals surface area contributed by atoms with E-state index in [9.17, 15) is 4.79 Å². The Kier molecular flexibility index (Phi) is 5.61. The van der Waals surface area contributed by atoms with Gasteiger partial charge in [-0.25, -0.2) is 0 Å². The van der Waals surface area contributed by atoms with Crippen LogP contribution in [-0.4, -0.2) is 23.5 Å². The second-order valence-electron chi connectivity index (χ2n) is 8.31. The van der Waals surface area contributed by atoms with Gasteiger partial charge in [0.1, 0.15) is 5.75 Å². The molecule has 29 heavy (non-hydrogen) atoms. The molecule has 0 aliphatic heterocycles. The largest absolute Gasteiger partial charge is 0.493 e. The summed E-state index contributed by atoms with van der Waals surface area (Å²) in [5.74, 6) is 1.07. The van der Waals surface area contributed by atoms with Crippen LogP contribution in [0.2, 0.25) is 0 Å². The Morgan fingerprint density at radius 1 is 1.17 bits per heavy atom. The Bertz CT molecular complexity index is 1010. The lowest BCUT2D eigenvalue weighted by Gasteiger charge is -2.23. The number of ether oxygens (including phenoxy) is 1. The highest BCUT2D eigenvalue weighted by molar-refractivity contribution is 5.85. The van der Waals surface area contributed by atoms with Gasteiger partial charge in [-0.2, -0.15) is 0 Å². The van der Waals surface area contributed by atoms with Crippen LogP contribution in [0.15, 0.2) is 36.4 Å². The second kappa shape index (κ2) is 8.32. The average molecular weight is 391 g/mol. The molecular weight excluding hydrogens is 360 g/mol. The van der Waals surface area contributed by atoms with Crippen molar-refractivity contribution in [2.45, 2.75) is 58.9 Å². The van der Waals surface area contributed by atoms with Crippen molar-refractivity contribution in [1.82, 2.24) is 10.3 Å². The molecule has 3 aromatic rings. The zero-order valence-electron chi connectivity index (χ0n) is 17.6. The SMILES string of the molecule is Cc1ccc2[nH]c3c(c2c1)CCC(NC(=O)CCCOc1c(C)cccc1C)C3. The maximum absolute atomic E-state index is 12.4. The number of hydrogen-bond donors (Lipinski definition) is 2. The van der Waals surface area contributed by atoms with Crippen molar-refractivity contribution < 1.29 is 9.53 Å². The van der Waals surface area contributed by atoms with Gasteiger partial charge in [-0.05, 0) is 68.9 Å². The maximum atomic E-state index is 12.4. The minimum Gasteiger partial charge on any atom is -0.493 e. The minimum absolute atomic E-state index is 0.121. The van der Waals surface area contributed by atoms with Gasteiger partial charge >= 0.3 is 0 Å². The number of para-hydroxylation sites is 1. The molecule has 0 spiro atoms. The molecule has 1 aliphatic carbocycles. The highest BCUT2D eigenvalue weighted by atomic mass is 16.5. The summed E-state index contributed by atoms with van der Waals surface area (Å²) in [5, 5.41) is 4.56. The molecule has 1 aliphatic rings. The quantitative estimate of drug-likeness (QED) is 0.587. The van der Waals surface area contributed by atoms with Gasteiger partial charge in [-0.3, -0.25) is 4.79 Å². The van der Waals surface area contributed by atoms with E-state index in [0.717, 1.165) is 42.6 Å². The number of benzene rings is 2. The Labute approximate surface area is 172 Å². The third kappa shape index (κ3) is 4.31. The van der Waals surface area contributed by atoms with Gasteiger partial charge in [0.05, 0.1) is 6.61 Å². The molecule has 2 N–H and O–H groups in total. The normalized spacial score (nSPS) is 15.9. The first-order chi connectivity index (χ1) is 14.0. The van der Waals surface area contributed by atoms with Crippen LogP contribution in [0.1, 0.15) is 47.2 Å². The van der Waals surface area contributed by atoms with Gasteiger partial charge in [-0.15, -0.1) is 0 Å². The first-order valence-electron chi connectivity index (χ1n) is 10.6. The standard InChI is InChI=1S/C25H30N2O2/c1-16-9-12-22-21(14-16)20-11-10-19(15-23(20)27-22)26-24(28)8-5-13-29-25-17(2)6-4-7-18(25)3/h4,6-7,9,12,14,19,27H,5,8,10-11,13,15H2,1-3H3,(H,26,28). The molecule has 1 amide bonds. The van der Waals surface area contributed by atoms with E-state index < -0.39 is 0 Å². The maximum Gasteiger partial charge on any atom is 0.220 e. The molecule has 1 aromatic heterocycles. The van der Waals surface area contributed by atoms with Crippen molar-refractivity contribution in [3.63, 3.8) is 0 Å². The van der Waals surface area contributed by atoms with Gasteiger partial charge in [0.15, 0.2) is 0 Å². The number of nitrogens with one attached hydrogen (secondary N) is 2. The van der Waals surface area contributed by atoms with E-state index >= 15 is 0 Å². The summed E-state index contributed by atoms with van der Waals surface area (Å²) in [7, 11) is 0. The molecule has 1 heterocycles. The summed E-state index contributed by atoms with van der Waals surface area (Å²) in [6.45, 7) is 6.81. The van der Waals surface area contributed by atoms with E-state index in [1.807, 2.05) is 6.07 Å². The third-order valence-electron chi connectivity index (χ3n) is 5.91. The van der Waals surface area contributed by atoms with Crippen molar-refractivity contribution >= 4 is 16.8 Å². The van der Waals surface area contributed by atoms with E-state index in [-0.39, 0.29) is 11.9 Å². The smallest absolute Gasteiger partial charge is 0.220 e. The molecule has 4 rings (SSSR count). The van der Waals surface area contributed by atoms with Crippen molar-refractivity contribution in [1.29, 1.82) is 0 Å². The summed E-state index contributed by atoms with van der Waals surface area (Å²) in [4.78, 5) is 16.0. The predicted molar refractivity (Wildman–Crippen MR) is 118 cm³/mol. The van der Waals surface area contributed by atoms with Crippen molar-refractivity contribution in [3.8, 4) is 5.75 Å². The summed E-state index contributed by atoms with van der Waals surface area (Å²) < 4.78 is 5.91. The molecule has 1 unspecified atom stereocenters. The van der Waals surface area contributed by atoms with Gasteiger partial charge in [0.25, 0.3) is 0 Å². The van der Waals surface area contributed by atoms with Crippen LogP contribution in [-0.2, 0) is 17.6 Å². The Balaban J connectivity index is 1.27. The van der Waals surface area contributed by atoms with Crippen LogP contribution in [0.5, 0.6) is 5.75 Å². The van der Waals surface area contributed by atoms with Gasteiger partial charge in [-0.1, -0.05) is 29.8 Å². The number of H-pyrrole nitrogens is 1. The molecular formula is C25H30N2O2. The molecule has 0 saturated heterocycles. The van der Waals surface area contributed by atoms with Crippen molar-refractivity contribution in [2.75, 3.05) is 6.61 Å². The molecule has 152 valence electrons. The molecule has 0 fully saturated rings. The van der Waals surface area contributed by atoms with Crippen LogP contribution in [0.25, 0.3) is 10.9 Å². The van der Waals surface area contributed by atoms with Crippen LogP contribution in [0, 0.1) is 20.8 Å². The summed E-state index contributed by atoms with van der Waals surface area (Å²) >= 11 is 0. The lowest BCUT2D eigenvalue weighted by Crippen LogP contribution is -2.38. The molecule has 2 aromatic carbocycles. The summed E-state index contributed by atoms with van der Waals surface area (Å²) in [6.07, 6.45) is 4.12. The number of fused-ring (bicyclic) bond motifs is 3. The summed E-state index contributed by atoms with van der Waals surface area (Å²) in [6, 6.07) is 12.9. The average Bonchev–Trinajstić information content (AvgIpc) is 3.04. The zero-order valence-corrected chi connectivity index (χ0v) is 17.6. The van der Waals surface area contributed by atoms with Crippen LogP contribution in [0.4, 0.5) is 0 Å². The fourth-order valence-electron chi connectivity index (χ4n) is 4.40. The number of carbonyl (C=O) groups excluding carboxylic acids is 1. The Hall–Kier alpha value is -2.75. The molecule has 4 nitrogen and oxygen atoms in total. The topological polar surface area (TPSA) is 54.1 Å². The van der Waals surface area contributed by atoms with E-state index in [0.29, 0.717) is 13.0 Å². The molecule has 0 saturated carbocycles. The fourth-order valence-corrected chi connectivity index (χ4v) is 4.40.